The zero-order valence-corrected chi connectivity index (χ0v) is 12.5. The number of aromatic nitrogens is 1. The normalized spacial score (nSPS) is 11.2. The van der Waals surface area contributed by atoms with Crippen LogP contribution in [0.1, 0.15) is 31.2 Å². The van der Waals surface area contributed by atoms with Gasteiger partial charge in [-0.2, -0.15) is 0 Å². The van der Waals surface area contributed by atoms with E-state index in [2.05, 4.69) is 54.5 Å². The Hall–Kier alpha value is -2.29. The van der Waals surface area contributed by atoms with Crippen molar-refractivity contribution in [2.75, 3.05) is 11.9 Å². The van der Waals surface area contributed by atoms with Crippen molar-refractivity contribution in [1.29, 1.82) is 0 Å². The molecule has 1 N–H and O–H groups in total. The van der Waals surface area contributed by atoms with Gasteiger partial charge < -0.3 is 9.73 Å². The van der Waals surface area contributed by atoms with Crippen LogP contribution in [0.5, 0.6) is 0 Å². The van der Waals surface area contributed by atoms with Crippen molar-refractivity contribution in [3.8, 4) is 0 Å². The molecule has 0 bridgehead atoms. The average molecular weight is 280 g/mol. The maximum atomic E-state index is 5.72. The number of hydrogen-bond acceptors (Lipinski definition) is 3. The van der Waals surface area contributed by atoms with Gasteiger partial charge in [0.25, 0.3) is 0 Å². The molecule has 0 saturated heterocycles. The maximum absolute atomic E-state index is 5.72. The standard InChI is InChI=1S/C18H20N2O/c1-13(2)18-20-16-12-15(8-9-17(16)21-18)19-11-10-14-6-4-3-5-7-14/h3-9,12-13,19H,10-11H2,1-2H3. The van der Waals surface area contributed by atoms with Crippen LogP contribution in [-0.2, 0) is 6.42 Å². The van der Waals surface area contributed by atoms with Crippen molar-refractivity contribution < 1.29 is 4.42 Å². The van der Waals surface area contributed by atoms with Gasteiger partial charge in [0.15, 0.2) is 11.5 Å². The molecule has 1 heterocycles. The highest BCUT2D eigenvalue weighted by Crippen LogP contribution is 2.23. The number of anilines is 1. The van der Waals surface area contributed by atoms with Crippen LogP contribution in [0.2, 0.25) is 0 Å². The van der Waals surface area contributed by atoms with Crippen molar-refractivity contribution >= 4 is 16.8 Å². The lowest BCUT2D eigenvalue weighted by Crippen LogP contribution is -2.04. The van der Waals surface area contributed by atoms with E-state index in [4.69, 9.17) is 4.42 Å². The molecule has 0 radical (unpaired) electrons. The second kappa shape index (κ2) is 6.00. The first kappa shape index (κ1) is 13.7. The fourth-order valence-corrected chi connectivity index (χ4v) is 2.30. The molecule has 3 heteroatoms. The lowest BCUT2D eigenvalue weighted by atomic mass is 10.1. The molecule has 2 aromatic carbocycles. The highest BCUT2D eigenvalue weighted by atomic mass is 16.3. The van der Waals surface area contributed by atoms with Gasteiger partial charge in [0.05, 0.1) is 0 Å². The van der Waals surface area contributed by atoms with Gasteiger partial charge in [-0.1, -0.05) is 44.2 Å². The maximum Gasteiger partial charge on any atom is 0.198 e. The topological polar surface area (TPSA) is 38.1 Å². The van der Waals surface area contributed by atoms with E-state index < -0.39 is 0 Å². The van der Waals surface area contributed by atoms with Crippen molar-refractivity contribution in [2.45, 2.75) is 26.2 Å². The van der Waals surface area contributed by atoms with Crippen molar-refractivity contribution in [3.63, 3.8) is 0 Å². The Balaban J connectivity index is 1.67. The molecule has 0 saturated carbocycles. The molecular weight excluding hydrogens is 260 g/mol. The molecule has 0 spiro atoms. The van der Waals surface area contributed by atoms with Crippen LogP contribution in [0.4, 0.5) is 5.69 Å². The molecule has 0 unspecified atom stereocenters. The van der Waals surface area contributed by atoms with Crippen molar-refractivity contribution in [3.05, 3.63) is 60.0 Å². The molecule has 108 valence electrons. The quantitative estimate of drug-likeness (QED) is 0.742. The zero-order valence-electron chi connectivity index (χ0n) is 12.5. The molecule has 3 aromatic rings. The third-order valence-corrected chi connectivity index (χ3v) is 3.48. The summed E-state index contributed by atoms with van der Waals surface area (Å²) in [6.45, 7) is 5.08. The first-order valence-corrected chi connectivity index (χ1v) is 7.40. The van der Waals surface area contributed by atoms with E-state index in [1.165, 1.54) is 5.56 Å². The Morgan fingerprint density at radius 1 is 1.10 bits per heavy atom. The molecule has 3 nitrogen and oxygen atoms in total. The number of benzene rings is 2. The highest BCUT2D eigenvalue weighted by molar-refractivity contribution is 5.77. The molecule has 0 aliphatic rings. The molecule has 0 amide bonds. The fraction of sp³-hybridized carbons (Fsp3) is 0.278. The summed E-state index contributed by atoms with van der Waals surface area (Å²) in [6.07, 6.45) is 1.01. The minimum absolute atomic E-state index is 0.312. The predicted octanol–water partition coefficient (Wildman–Crippen LogP) is 4.61. The lowest BCUT2D eigenvalue weighted by molar-refractivity contribution is 0.501. The Morgan fingerprint density at radius 3 is 2.67 bits per heavy atom. The smallest absolute Gasteiger partial charge is 0.198 e. The molecule has 0 aliphatic carbocycles. The van der Waals surface area contributed by atoms with E-state index in [1.807, 2.05) is 18.2 Å². The van der Waals surface area contributed by atoms with Crippen molar-refractivity contribution in [2.24, 2.45) is 0 Å². The van der Waals surface area contributed by atoms with Crippen LogP contribution in [-0.4, -0.2) is 11.5 Å². The third kappa shape index (κ3) is 3.24. The van der Waals surface area contributed by atoms with Gasteiger partial charge in [0, 0.05) is 18.2 Å². The van der Waals surface area contributed by atoms with Crippen LogP contribution in [0, 0.1) is 0 Å². The molecule has 0 fully saturated rings. The number of nitrogens with one attached hydrogen (secondary N) is 1. The summed E-state index contributed by atoms with van der Waals surface area (Å²) in [7, 11) is 0. The molecule has 0 atom stereocenters. The summed E-state index contributed by atoms with van der Waals surface area (Å²) in [5.41, 5.74) is 4.20. The van der Waals surface area contributed by atoms with Gasteiger partial charge in [-0.25, -0.2) is 4.98 Å². The summed E-state index contributed by atoms with van der Waals surface area (Å²) in [6, 6.07) is 16.6. The fourth-order valence-electron chi connectivity index (χ4n) is 2.30. The Kier molecular flexibility index (Phi) is 3.91. The lowest BCUT2D eigenvalue weighted by Gasteiger charge is -2.06. The number of hydrogen-bond donors (Lipinski definition) is 1. The molecule has 0 aliphatic heterocycles. The van der Waals surface area contributed by atoms with Gasteiger partial charge in [0.1, 0.15) is 5.52 Å². The minimum atomic E-state index is 0.312. The van der Waals surface area contributed by atoms with Gasteiger partial charge in [0.2, 0.25) is 0 Å². The van der Waals surface area contributed by atoms with E-state index in [9.17, 15) is 0 Å². The monoisotopic (exact) mass is 280 g/mol. The molecule has 1 aromatic heterocycles. The zero-order chi connectivity index (χ0) is 14.7. The van der Waals surface area contributed by atoms with Crippen LogP contribution in [0.3, 0.4) is 0 Å². The Labute approximate surface area is 125 Å². The van der Waals surface area contributed by atoms with E-state index >= 15 is 0 Å². The van der Waals surface area contributed by atoms with E-state index in [-0.39, 0.29) is 0 Å². The van der Waals surface area contributed by atoms with Gasteiger partial charge in [-0.3, -0.25) is 0 Å². The van der Waals surface area contributed by atoms with Crippen LogP contribution in [0.25, 0.3) is 11.1 Å². The second-order valence-electron chi connectivity index (χ2n) is 5.55. The summed E-state index contributed by atoms with van der Waals surface area (Å²) in [4.78, 5) is 4.53. The van der Waals surface area contributed by atoms with Crippen LogP contribution >= 0.6 is 0 Å². The number of oxazole rings is 1. The van der Waals surface area contributed by atoms with Crippen molar-refractivity contribution in [1.82, 2.24) is 4.98 Å². The van der Waals surface area contributed by atoms with E-state index in [0.717, 1.165) is 35.6 Å². The summed E-state index contributed by atoms with van der Waals surface area (Å²) in [5, 5.41) is 3.44. The van der Waals surface area contributed by atoms with E-state index in [0.29, 0.717) is 5.92 Å². The second-order valence-corrected chi connectivity index (χ2v) is 5.55. The minimum Gasteiger partial charge on any atom is -0.440 e. The Bertz CT molecular complexity index is 716. The van der Waals surface area contributed by atoms with E-state index in [1.54, 1.807) is 0 Å². The van der Waals surface area contributed by atoms with Crippen LogP contribution < -0.4 is 5.32 Å². The predicted molar refractivity (Wildman–Crippen MR) is 86.7 cm³/mol. The molecule has 21 heavy (non-hydrogen) atoms. The summed E-state index contributed by atoms with van der Waals surface area (Å²) >= 11 is 0. The number of fused-ring (bicyclic) bond motifs is 1. The average Bonchev–Trinajstić information content (AvgIpc) is 2.92. The Morgan fingerprint density at radius 2 is 1.90 bits per heavy atom. The van der Waals surface area contributed by atoms with Gasteiger partial charge >= 0.3 is 0 Å². The largest absolute Gasteiger partial charge is 0.440 e. The summed E-state index contributed by atoms with van der Waals surface area (Å²) in [5.74, 6) is 1.11. The molecular formula is C18H20N2O. The number of rotatable bonds is 5. The van der Waals surface area contributed by atoms with Gasteiger partial charge in [-0.05, 0) is 30.2 Å². The third-order valence-electron chi connectivity index (χ3n) is 3.48. The number of nitrogens with zero attached hydrogens (tertiary/aromatic N) is 1. The van der Waals surface area contributed by atoms with Gasteiger partial charge in [-0.15, -0.1) is 0 Å². The highest BCUT2D eigenvalue weighted by Gasteiger charge is 2.09. The first-order chi connectivity index (χ1) is 10.2. The SMILES string of the molecule is CC(C)c1nc2cc(NCCc3ccccc3)ccc2o1. The first-order valence-electron chi connectivity index (χ1n) is 7.40. The molecule has 3 rings (SSSR count). The summed E-state index contributed by atoms with van der Waals surface area (Å²) < 4.78 is 5.72. The van der Waals surface area contributed by atoms with Crippen LogP contribution in [0.15, 0.2) is 52.9 Å².